The monoisotopic (exact) mass is 339 g/mol. The third kappa shape index (κ3) is 3.47. The van der Waals surface area contributed by atoms with Gasteiger partial charge in [0.05, 0.1) is 0 Å². The Morgan fingerprint density at radius 2 is 2.35 bits per heavy atom. The molecule has 1 amide bonds. The van der Waals surface area contributed by atoms with E-state index in [0.29, 0.717) is 16.6 Å². The lowest BCUT2D eigenvalue weighted by Crippen LogP contribution is -2.28. The quantitative estimate of drug-likeness (QED) is 0.838. The first kappa shape index (κ1) is 14.3. The van der Waals surface area contributed by atoms with Gasteiger partial charge in [0.2, 0.25) is 11.7 Å². The Balaban J connectivity index is 2.14. The van der Waals surface area contributed by atoms with Gasteiger partial charge in [-0.1, -0.05) is 22.0 Å². The van der Waals surface area contributed by atoms with Crippen molar-refractivity contribution in [3.8, 4) is 11.4 Å². The zero-order chi connectivity index (χ0) is 14.5. The summed E-state index contributed by atoms with van der Waals surface area (Å²) in [5, 5.41) is 14.2. The second kappa shape index (κ2) is 6.38. The van der Waals surface area contributed by atoms with Crippen LogP contribution in [-0.4, -0.2) is 32.7 Å². The molecular formula is C12H11BrFN5O. The Labute approximate surface area is 122 Å². The van der Waals surface area contributed by atoms with Crippen molar-refractivity contribution in [2.75, 3.05) is 6.54 Å². The molecule has 0 fully saturated rings. The molecule has 6 nitrogen and oxygen atoms in total. The van der Waals surface area contributed by atoms with Crippen LogP contribution in [0.5, 0.6) is 0 Å². The molecule has 2 aromatic rings. The molecule has 1 aromatic heterocycles. The van der Waals surface area contributed by atoms with Gasteiger partial charge in [-0.05, 0) is 23.4 Å². The van der Waals surface area contributed by atoms with Gasteiger partial charge in [-0.2, -0.15) is 4.80 Å². The molecule has 0 saturated heterocycles. The summed E-state index contributed by atoms with van der Waals surface area (Å²) >= 11 is 3.29. The van der Waals surface area contributed by atoms with Gasteiger partial charge in [-0.15, -0.1) is 16.8 Å². The fourth-order valence-corrected chi connectivity index (χ4v) is 1.88. The van der Waals surface area contributed by atoms with Crippen molar-refractivity contribution in [1.29, 1.82) is 0 Å². The number of halogens is 2. The van der Waals surface area contributed by atoms with Gasteiger partial charge in [0.1, 0.15) is 12.4 Å². The van der Waals surface area contributed by atoms with E-state index in [1.54, 1.807) is 12.1 Å². The lowest BCUT2D eigenvalue weighted by atomic mass is 10.2. The minimum absolute atomic E-state index is 0.0617. The van der Waals surface area contributed by atoms with Crippen LogP contribution < -0.4 is 5.32 Å². The third-order valence-corrected chi connectivity index (χ3v) is 3.04. The van der Waals surface area contributed by atoms with Crippen molar-refractivity contribution >= 4 is 21.8 Å². The van der Waals surface area contributed by atoms with Crippen LogP contribution in [0, 0.1) is 5.82 Å². The topological polar surface area (TPSA) is 72.7 Å². The van der Waals surface area contributed by atoms with E-state index in [9.17, 15) is 9.18 Å². The summed E-state index contributed by atoms with van der Waals surface area (Å²) in [5.41, 5.74) is 0.475. The van der Waals surface area contributed by atoms with E-state index < -0.39 is 5.82 Å². The van der Waals surface area contributed by atoms with E-state index in [0.717, 1.165) is 4.80 Å². The van der Waals surface area contributed by atoms with Crippen molar-refractivity contribution in [3.05, 3.63) is 41.1 Å². The molecule has 8 heteroatoms. The first-order valence-electron chi connectivity index (χ1n) is 5.71. The van der Waals surface area contributed by atoms with Gasteiger partial charge in [0, 0.05) is 16.6 Å². The van der Waals surface area contributed by atoms with E-state index >= 15 is 0 Å². The number of nitrogens with one attached hydrogen (secondary N) is 1. The van der Waals surface area contributed by atoms with Crippen LogP contribution in [0.2, 0.25) is 0 Å². The molecular weight excluding hydrogens is 329 g/mol. The Morgan fingerprint density at radius 1 is 1.55 bits per heavy atom. The highest BCUT2D eigenvalue weighted by molar-refractivity contribution is 9.10. The van der Waals surface area contributed by atoms with Gasteiger partial charge >= 0.3 is 0 Å². The average molecular weight is 340 g/mol. The standard InChI is InChI=1S/C12H11BrFN5O/c1-2-5-15-11(20)7-19-17-12(16-18-19)9-6-8(14)3-4-10(9)13/h2-4,6H,1,5,7H2,(H,15,20). The number of aromatic nitrogens is 4. The molecule has 0 spiro atoms. The minimum atomic E-state index is -0.400. The molecule has 104 valence electrons. The molecule has 0 unspecified atom stereocenters. The van der Waals surface area contributed by atoms with Crippen molar-refractivity contribution < 1.29 is 9.18 Å². The van der Waals surface area contributed by atoms with E-state index in [2.05, 4.69) is 43.2 Å². The fraction of sp³-hybridized carbons (Fsp3) is 0.167. The van der Waals surface area contributed by atoms with E-state index in [1.165, 1.54) is 12.1 Å². The molecule has 0 saturated carbocycles. The molecule has 0 atom stereocenters. The van der Waals surface area contributed by atoms with Crippen molar-refractivity contribution in [2.24, 2.45) is 0 Å². The molecule has 1 heterocycles. The van der Waals surface area contributed by atoms with Gasteiger partial charge in [-0.25, -0.2) is 4.39 Å². The molecule has 1 aromatic carbocycles. The Morgan fingerprint density at radius 3 is 3.10 bits per heavy atom. The summed E-state index contributed by atoms with van der Waals surface area (Å²) in [6, 6.07) is 4.17. The molecule has 0 radical (unpaired) electrons. The maximum Gasteiger partial charge on any atom is 0.243 e. The number of hydrogen-bond acceptors (Lipinski definition) is 4. The second-order valence-electron chi connectivity index (χ2n) is 3.86. The maximum atomic E-state index is 13.2. The third-order valence-electron chi connectivity index (χ3n) is 2.35. The SMILES string of the molecule is C=CCNC(=O)Cn1nnc(-c2cc(F)ccc2Br)n1. The van der Waals surface area contributed by atoms with E-state index in [4.69, 9.17) is 0 Å². The van der Waals surface area contributed by atoms with Crippen LogP contribution in [0.1, 0.15) is 0 Å². The largest absolute Gasteiger partial charge is 0.351 e. The van der Waals surface area contributed by atoms with Gasteiger partial charge in [0.25, 0.3) is 0 Å². The highest BCUT2D eigenvalue weighted by Gasteiger charge is 2.12. The smallest absolute Gasteiger partial charge is 0.243 e. The fourth-order valence-electron chi connectivity index (χ4n) is 1.46. The predicted octanol–water partition coefficient (Wildman–Crippen LogP) is 1.54. The van der Waals surface area contributed by atoms with Crippen molar-refractivity contribution in [3.63, 3.8) is 0 Å². The van der Waals surface area contributed by atoms with Crippen molar-refractivity contribution in [1.82, 2.24) is 25.5 Å². The number of nitrogens with zero attached hydrogens (tertiary/aromatic N) is 4. The van der Waals surface area contributed by atoms with Crippen LogP contribution in [0.4, 0.5) is 4.39 Å². The molecule has 0 aliphatic carbocycles. The number of benzene rings is 1. The Hall–Kier alpha value is -2.09. The van der Waals surface area contributed by atoms with Crippen molar-refractivity contribution in [2.45, 2.75) is 6.54 Å². The van der Waals surface area contributed by atoms with Crippen LogP contribution in [0.3, 0.4) is 0 Å². The minimum Gasteiger partial charge on any atom is -0.351 e. The van der Waals surface area contributed by atoms with Gasteiger partial charge in [-0.3, -0.25) is 4.79 Å². The number of hydrogen-bond donors (Lipinski definition) is 1. The first-order valence-corrected chi connectivity index (χ1v) is 6.50. The summed E-state index contributed by atoms with van der Waals surface area (Å²) in [6.07, 6.45) is 1.57. The summed E-state index contributed by atoms with van der Waals surface area (Å²) in [6.45, 7) is 3.80. The molecule has 2 rings (SSSR count). The number of amides is 1. The summed E-state index contributed by atoms with van der Waals surface area (Å²) in [4.78, 5) is 12.6. The second-order valence-corrected chi connectivity index (χ2v) is 4.71. The molecule has 0 aliphatic heterocycles. The first-order chi connectivity index (χ1) is 9.60. The van der Waals surface area contributed by atoms with Crippen LogP contribution in [-0.2, 0) is 11.3 Å². The van der Waals surface area contributed by atoms with Crippen LogP contribution >= 0.6 is 15.9 Å². The van der Waals surface area contributed by atoms with E-state index in [-0.39, 0.29) is 18.3 Å². The van der Waals surface area contributed by atoms with Crippen LogP contribution in [0.15, 0.2) is 35.3 Å². The number of carbonyl (C=O) groups excluding carboxylic acids is 1. The Bertz CT molecular complexity index is 643. The van der Waals surface area contributed by atoms with Gasteiger partial charge < -0.3 is 5.32 Å². The molecule has 0 aliphatic rings. The zero-order valence-corrected chi connectivity index (χ0v) is 12.0. The summed E-state index contributed by atoms with van der Waals surface area (Å²) < 4.78 is 13.9. The van der Waals surface area contributed by atoms with Crippen LogP contribution in [0.25, 0.3) is 11.4 Å². The lowest BCUT2D eigenvalue weighted by molar-refractivity contribution is -0.121. The number of tetrazole rings is 1. The lowest BCUT2D eigenvalue weighted by Gasteiger charge is -2.00. The predicted molar refractivity (Wildman–Crippen MR) is 74.1 cm³/mol. The zero-order valence-electron chi connectivity index (χ0n) is 10.4. The highest BCUT2D eigenvalue weighted by Crippen LogP contribution is 2.25. The number of rotatable bonds is 5. The highest BCUT2D eigenvalue weighted by atomic mass is 79.9. The average Bonchev–Trinajstić information content (AvgIpc) is 2.87. The van der Waals surface area contributed by atoms with Gasteiger partial charge in [0.15, 0.2) is 0 Å². The summed E-state index contributed by atoms with van der Waals surface area (Å²) in [5.74, 6) is -0.414. The number of carbonyl (C=O) groups is 1. The molecule has 20 heavy (non-hydrogen) atoms. The molecule has 0 bridgehead atoms. The summed E-state index contributed by atoms with van der Waals surface area (Å²) in [7, 11) is 0. The normalized spacial score (nSPS) is 10.3. The molecule has 1 N–H and O–H groups in total. The maximum absolute atomic E-state index is 13.2. The Kier molecular flexibility index (Phi) is 4.57. The van der Waals surface area contributed by atoms with E-state index in [1.807, 2.05) is 0 Å².